The van der Waals surface area contributed by atoms with Crippen LogP contribution in [0.3, 0.4) is 0 Å². The van der Waals surface area contributed by atoms with Crippen LogP contribution in [0.25, 0.3) is 0 Å². The number of likely N-dealkylation sites (N-methyl/N-ethyl adjacent to an activating group) is 1. The van der Waals surface area contributed by atoms with Gasteiger partial charge in [-0.1, -0.05) is 6.92 Å². The molecule has 0 fully saturated rings. The van der Waals surface area contributed by atoms with Crippen LogP contribution in [0.4, 0.5) is 0 Å². The summed E-state index contributed by atoms with van der Waals surface area (Å²) < 4.78 is 1.93. The van der Waals surface area contributed by atoms with Crippen molar-refractivity contribution in [2.24, 2.45) is 0 Å². The minimum Gasteiger partial charge on any atom is -0.312 e. The third kappa shape index (κ3) is 2.40. The Morgan fingerprint density at radius 2 is 2.24 bits per heavy atom. The van der Waals surface area contributed by atoms with E-state index in [9.17, 15) is 4.79 Å². The fraction of sp³-hybridized carbons (Fsp3) is 0.615. The summed E-state index contributed by atoms with van der Waals surface area (Å²) in [6, 6.07) is 1.99. The number of hydrogen-bond donors (Lipinski definition) is 0. The van der Waals surface area contributed by atoms with Gasteiger partial charge in [0.15, 0.2) is 0 Å². The van der Waals surface area contributed by atoms with E-state index in [1.165, 1.54) is 11.3 Å². The van der Waals surface area contributed by atoms with Gasteiger partial charge >= 0.3 is 0 Å². The Kier molecular flexibility index (Phi) is 3.89. The largest absolute Gasteiger partial charge is 0.312 e. The van der Waals surface area contributed by atoms with Crippen molar-refractivity contribution in [2.45, 2.75) is 38.7 Å². The fourth-order valence-corrected chi connectivity index (χ4v) is 2.67. The second-order valence-corrected chi connectivity index (χ2v) is 4.99. The average molecular weight is 255 g/mol. The van der Waals surface area contributed by atoms with Crippen LogP contribution >= 0.6 is 11.6 Å². The maximum atomic E-state index is 12.2. The van der Waals surface area contributed by atoms with Gasteiger partial charge in [-0.3, -0.25) is 4.79 Å². The monoisotopic (exact) mass is 254 g/mol. The number of pyridine rings is 1. The molecule has 3 nitrogen and oxygen atoms in total. The Balaban J connectivity index is 2.55. The molecule has 0 spiro atoms. The number of aromatic nitrogens is 1. The summed E-state index contributed by atoms with van der Waals surface area (Å²) >= 11 is 5.86. The first kappa shape index (κ1) is 12.7. The van der Waals surface area contributed by atoms with Crippen LogP contribution in [-0.2, 0) is 25.4 Å². The molecule has 0 aliphatic carbocycles. The van der Waals surface area contributed by atoms with Crippen LogP contribution in [0.15, 0.2) is 10.9 Å². The lowest BCUT2D eigenvalue weighted by molar-refractivity contribution is 0.303. The van der Waals surface area contributed by atoms with E-state index in [2.05, 4.69) is 18.9 Å². The van der Waals surface area contributed by atoms with E-state index in [-0.39, 0.29) is 5.56 Å². The highest BCUT2D eigenvalue weighted by atomic mass is 35.5. The van der Waals surface area contributed by atoms with Gasteiger partial charge < -0.3 is 9.47 Å². The van der Waals surface area contributed by atoms with Gasteiger partial charge in [-0.05, 0) is 25.1 Å². The van der Waals surface area contributed by atoms with E-state index in [0.717, 1.165) is 38.0 Å². The summed E-state index contributed by atoms with van der Waals surface area (Å²) in [5, 5.41) is 0. The lowest BCUT2D eigenvalue weighted by Crippen LogP contribution is -2.35. The number of alkyl halides is 1. The third-order valence-electron chi connectivity index (χ3n) is 3.33. The Bertz CT molecular complexity index is 467. The van der Waals surface area contributed by atoms with Gasteiger partial charge in [0.05, 0.1) is 5.88 Å². The first-order valence-corrected chi connectivity index (χ1v) is 6.69. The third-order valence-corrected chi connectivity index (χ3v) is 3.61. The van der Waals surface area contributed by atoms with E-state index in [0.29, 0.717) is 5.88 Å². The quantitative estimate of drug-likeness (QED) is 0.771. The van der Waals surface area contributed by atoms with Gasteiger partial charge in [-0.15, -0.1) is 11.6 Å². The zero-order valence-electron chi connectivity index (χ0n) is 10.5. The first-order chi connectivity index (χ1) is 8.17. The van der Waals surface area contributed by atoms with Gasteiger partial charge in [0.25, 0.3) is 5.56 Å². The molecule has 0 saturated heterocycles. The molecular weight excluding hydrogens is 236 g/mol. The number of fused-ring (bicyclic) bond motifs is 1. The zero-order valence-corrected chi connectivity index (χ0v) is 11.3. The Labute approximate surface area is 107 Å². The molecule has 1 aliphatic heterocycles. The van der Waals surface area contributed by atoms with E-state index >= 15 is 0 Å². The summed E-state index contributed by atoms with van der Waals surface area (Å²) in [6.07, 6.45) is 1.94. The van der Waals surface area contributed by atoms with E-state index in [4.69, 9.17) is 11.6 Å². The number of nitrogens with zero attached hydrogens (tertiary/aromatic N) is 2. The fourth-order valence-electron chi connectivity index (χ4n) is 2.48. The van der Waals surface area contributed by atoms with Crippen LogP contribution in [0.5, 0.6) is 0 Å². The molecule has 2 heterocycles. The highest BCUT2D eigenvalue weighted by Gasteiger charge is 2.19. The van der Waals surface area contributed by atoms with E-state index in [1.807, 2.05) is 10.6 Å². The van der Waals surface area contributed by atoms with Crippen LogP contribution < -0.4 is 5.56 Å². The molecule has 0 N–H and O–H groups in total. The van der Waals surface area contributed by atoms with Crippen molar-refractivity contribution >= 4 is 11.6 Å². The minimum absolute atomic E-state index is 0.102. The molecule has 4 heteroatoms. The predicted molar refractivity (Wildman–Crippen MR) is 70.6 cm³/mol. The summed E-state index contributed by atoms with van der Waals surface area (Å²) in [5.74, 6) is 0.305. The molecule has 0 bridgehead atoms. The molecule has 2 rings (SSSR count). The molecule has 1 aromatic rings. The highest BCUT2D eigenvalue weighted by molar-refractivity contribution is 6.17. The molecule has 0 atom stereocenters. The van der Waals surface area contributed by atoms with Crippen molar-refractivity contribution in [3.63, 3.8) is 0 Å². The van der Waals surface area contributed by atoms with Crippen LogP contribution in [0.1, 0.15) is 30.2 Å². The van der Waals surface area contributed by atoms with Crippen molar-refractivity contribution in [2.75, 3.05) is 13.6 Å². The van der Waals surface area contributed by atoms with Crippen molar-refractivity contribution in [3.05, 3.63) is 33.2 Å². The second kappa shape index (κ2) is 5.23. The molecule has 0 aromatic carbocycles. The van der Waals surface area contributed by atoms with Gasteiger partial charge in [-0.2, -0.15) is 0 Å². The van der Waals surface area contributed by atoms with Gasteiger partial charge in [0.2, 0.25) is 0 Å². The second-order valence-electron chi connectivity index (χ2n) is 4.72. The molecule has 0 saturated carbocycles. The van der Waals surface area contributed by atoms with E-state index < -0.39 is 0 Å². The predicted octanol–water partition coefficient (Wildman–Crippen LogP) is 1.99. The summed E-state index contributed by atoms with van der Waals surface area (Å²) in [7, 11) is 2.11. The summed E-state index contributed by atoms with van der Waals surface area (Å²) in [4.78, 5) is 14.5. The highest BCUT2D eigenvalue weighted by Crippen LogP contribution is 2.18. The Hall–Kier alpha value is -0.800. The zero-order chi connectivity index (χ0) is 12.4. The molecule has 0 unspecified atom stereocenters. The maximum Gasteiger partial charge on any atom is 0.255 e. The lowest BCUT2D eigenvalue weighted by Gasteiger charge is -2.28. The van der Waals surface area contributed by atoms with Gasteiger partial charge in [0, 0.05) is 37.3 Å². The van der Waals surface area contributed by atoms with Crippen molar-refractivity contribution in [3.8, 4) is 0 Å². The minimum atomic E-state index is 0.102. The SMILES string of the molecule is CCCn1c2c(cc(CCl)c1=O)CN(C)CC2. The van der Waals surface area contributed by atoms with Crippen molar-refractivity contribution in [1.82, 2.24) is 9.47 Å². The molecule has 1 aromatic heterocycles. The van der Waals surface area contributed by atoms with Crippen molar-refractivity contribution in [1.29, 1.82) is 0 Å². The Morgan fingerprint density at radius 3 is 2.88 bits per heavy atom. The number of hydrogen-bond acceptors (Lipinski definition) is 2. The molecule has 17 heavy (non-hydrogen) atoms. The molecule has 0 radical (unpaired) electrons. The normalized spacial score (nSPS) is 15.9. The van der Waals surface area contributed by atoms with E-state index in [1.54, 1.807) is 0 Å². The smallest absolute Gasteiger partial charge is 0.255 e. The standard InChI is InChI=1S/C13H19ClN2O/c1-3-5-16-12-4-6-15(2)9-11(12)7-10(8-14)13(16)17/h7H,3-6,8-9H2,1-2H3. The van der Waals surface area contributed by atoms with Crippen LogP contribution in [0, 0.1) is 0 Å². The van der Waals surface area contributed by atoms with Crippen LogP contribution in [0.2, 0.25) is 0 Å². The topological polar surface area (TPSA) is 25.2 Å². The average Bonchev–Trinajstić information content (AvgIpc) is 2.32. The number of halogens is 1. The molecule has 0 amide bonds. The Morgan fingerprint density at radius 1 is 1.47 bits per heavy atom. The first-order valence-electron chi connectivity index (χ1n) is 6.16. The van der Waals surface area contributed by atoms with Gasteiger partial charge in [0.1, 0.15) is 0 Å². The molecule has 94 valence electrons. The lowest BCUT2D eigenvalue weighted by atomic mass is 10.0. The number of rotatable bonds is 3. The van der Waals surface area contributed by atoms with Crippen LogP contribution in [-0.4, -0.2) is 23.1 Å². The molecule has 1 aliphatic rings. The molecular formula is C13H19ClN2O. The van der Waals surface area contributed by atoms with Crippen molar-refractivity contribution < 1.29 is 0 Å². The summed E-state index contributed by atoms with van der Waals surface area (Å²) in [5.41, 5.74) is 3.31. The summed E-state index contributed by atoms with van der Waals surface area (Å²) in [6.45, 7) is 4.84. The van der Waals surface area contributed by atoms with Gasteiger partial charge in [-0.25, -0.2) is 0 Å². The maximum absolute atomic E-state index is 12.2.